The quantitative estimate of drug-likeness (QED) is 0.341. The van der Waals surface area contributed by atoms with Gasteiger partial charge in [-0.3, -0.25) is 9.59 Å². The lowest BCUT2D eigenvalue weighted by Gasteiger charge is -2.21. The summed E-state index contributed by atoms with van der Waals surface area (Å²) < 4.78 is 1.40. The second-order valence-electron chi connectivity index (χ2n) is 9.47. The molecule has 2 aromatic carbocycles. The van der Waals surface area contributed by atoms with Crippen molar-refractivity contribution in [2.24, 2.45) is 0 Å². The standard InChI is InChI=1S/C26H34N6O2S/c1-6-15-31(16-22(33)28-21-10-8-7-9-18(21)2)23(34)17-35-25-30-29-24(32(25)27)19-11-13-20(14-12-19)26(3,4)5/h7-14H,6,15-17,27H2,1-5H3,(H,28,33). The monoisotopic (exact) mass is 494 g/mol. The van der Waals surface area contributed by atoms with Crippen LogP contribution in [0.2, 0.25) is 0 Å². The smallest absolute Gasteiger partial charge is 0.244 e. The van der Waals surface area contributed by atoms with E-state index in [1.165, 1.54) is 22.0 Å². The lowest BCUT2D eigenvalue weighted by molar-refractivity contribution is -0.132. The summed E-state index contributed by atoms with van der Waals surface area (Å²) in [5.41, 5.74) is 3.84. The maximum atomic E-state index is 12.9. The molecule has 0 unspecified atom stereocenters. The van der Waals surface area contributed by atoms with Crippen LogP contribution in [-0.2, 0) is 15.0 Å². The molecule has 0 aliphatic rings. The van der Waals surface area contributed by atoms with Crippen LogP contribution < -0.4 is 11.2 Å². The number of aromatic nitrogens is 3. The summed E-state index contributed by atoms with van der Waals surface area (Å²) in [6.07, 6.45) is 0.746. The van der Waals surface area contributed by atoms with Gasteiger partial charge < -0.3 is 16.1 Å². The van der Waals surface area contributed by atoms with Gasteiger partial charge in [-0.2, -0.15) is 0 Å². The molecule has 1 heterocycles. The van der Waals surface area contributed by atoms with Gasteiger partial charge in [0.1, 0.15) is 0 Å². The van der Waals surface area contributed by atoms with Crippen molar-refractivity contribution < 1.29 is 9.59 Å². The Bertz CT molecular complexity index is 1170. The minimum atomic E-state index is -0.228. The fourth-order valence-electron chi connectivity index (χ4n) is 3.55. The van der Waals surface area contributed by atoms with Crippen LogP contribution in [0.15, 0.2) is 53.7 Å². The third-order valence-electron chi connectivity index (χ3n) is 5.60. The van der Waals surface area contributed by atoms with Crippen molar-refractivity contribution in [2.45, 2.75) is 51.6 Å². The van der Waals surface area contributed by atoms with E-state index in [1.807, 2.05) is 50.2 Å². The van der Waals surface area contributed by atoms with Crippen LogP contribution >= 0.6 is 11.8 Å². The van der Waals surface area contributed by atoms with Crippen LogP contribution in [0.1, 0.15) is 45.2 Å². The predicted molar refractivity (Wildman–Crippen MR) is 142 cm³/mol. The topological polar surface area (TPSA) is 106 Å². The number of aryl methyl sites for hydroxylation is 1. The molecule has 9 heteroatoms. The van der Waals surface area contributed by atoms with Gasteiger partial charge in [-0.05, 0) is 36.0 Å². The van der Waals surface area contributed by atoms with Gasteiger partial charge in [0.2, 0.25) is 17.0 Å². The number of anilines is 1. The summed E-state index contributed by atoms with van der Waals surface area (Å²) in [4.78, 5) is 27.0. The Morgan fingerprint density at radius 1 is 1.09 bits per heavy atom. The Morgan fingerprint density at radius 2 is 1.77 bits per heavy atom. The number of nitrogen functional groups attached to an aromatic ring is 1. The minimum Gasteiger partial charge on any atom is -0.335 e. The summed E-state index contributed by atoms with van der Waals surface area (Å²) in [7, 11) is 0. The zero-order valence-electron chi connectivity index (χ0n) is 21.0. The van der Waals surface area contributed by atoms with Gasteiger partial charge in [-0.25, -0.2) is 4.68 Å². The number of nitrogens with one attached hydrogen (secondary N) is 1. The number of thioether (sulfide) groups is 1. The summed E-state index contributed by atoms with van der Waals surface area (Å²) in [5.74, 6) is 6.50. The number of para-hydroxylation sites is 1. The first-order chi connectivity index (χ1) is 16.6. The Balaban J connectivity index is 1.62. The van der Waals surface area contributed by atoms with Crippen LogP contribution in [0.4, 0.5) is 5.69 Å². The second kappa shape index (κ2) is 11.4. The molecule has 0 atom stereocenters. The number of hydrogen-bond donors (Lipinski definition) is 2. The van der Waals surface area contributed by atoms with Crippen LogP contribution in [-0.4, -0.2) is 50.4 Å². The number of nitrogens with two attached hydrogens (primary N) is 1. The number of carbonyl (C=O) groups excluding carboxylic acids is 2. The average Bonchev–Trinajstić information content (AvgIpc) is 3.18. The van der Waals surface area contributed by atoms with Gasteiger partial charge >= 0.3 is 0 Å². The maximum absolute atomic E-state index is 12.9. The third-order valence-corrected chi connectivity index (χ3v) is 6.53. The van der Waals surface area contributed by atoms with E-state index in [0.717, 1.165) is 23.2 Å². The number of rotatable bonds is 9. The van der Waals surface area contributed by atoms with Gasteiger partial charge in [0.05, 0.1) is 12.3 Å². The van der Waals surface area contributed by atoms with Crippen molar-refractivity contribution in [2.75, 3.05) is 30.0 Å². The van der Waals surface area contributed by atoms with E-state index in [0.29, 0.717) is 17.5 Å². The molecule has 0 aliphatic carbocycles. The Labute approximate surface area is 211 Å². The van der Waals surface area contributed by atoms with Gasteiger partial charge in [0.25, 0.3) is 0 Å². The first kappa shape index (κ1) is 26.3. The van der Waals surface area contributed by atoms with Crippen molar-refractivity contribution in [1.29, 1.82) is 0 Å². The predicted octanol–water partition coefficient (Wildman–Crippen LogP) is 4.23. The molecular weight excluding hydrogens is 460 g/mol. The zero-order valence-corrected chi connectivity index (χ0v) is 21.9. The van der Waals surface area contributed by atoms with E-state index in [2.05, 4.69) is 48.4 Å². The number of benzene rings is 2. The zero-order chi connectivity index (χ0) is 25.6. The molecule has 1 aromatic heterocycles. The first-order valence-electron chi connectivity index (χ1n) is 11.7. The number of nitrogens with zero attached hydrogens (tertiary/aromatic N) is 4. The Kier molecular flexibility index (Phi) is 8.56. The highest BCUT2D eigenvalue weighted by atomic mass is 32.2. The molecule has 0 bridgehead atoms. The molecular formula is C26H34N6O2S. The molecule has 0 saturated carbocycles. The Morgan fingerprint density at radius 3 is 2.40 bits per heavy atom. The fraction of sp³-hybridized carbons (Fsp3) is 0.385. The van der Waals surface area contributed by atoms with E-state index in [9.17, 15) is 9.59 Å². The van der Waals surface area contributed by atoms with Crippen molar-refractivity contribution in [3.8, 4) is 11.4 Å². The molecule has 186 valence electrons. The van der Waals surface area contributed by atoms with Crippen molar-refractivity contribution >= 4 is 29.3 Å². The summed E-state index contributed by atoms with van der Waals surface area (Å²) in [6, 6.07) is 15.6. The molecule has 3 N–H and O–H groups in total. The SMILES string of the molecule is CCCN(CC(=O)Nc1ccccc1C)C(=O)CSc1nnc(-c2ccc(C(C)(C)C)cc2)n1N. The number of amides is 2. The van der Waals surface area contributed by atoms with E-state index in [4.69, 9.17) is 5.84 Å². The number of hydrogen-bond acceptors (Lipinski definition) is 6. The Hall–Kier alpha value is -3.33. The van der Waals surface area contributed by atoms with Crippen molar-refractivity contribution in [1.82, 2.24) is 19.8 Å². The summed E-state index contributed by atoms with van der Waals surface area (Å²) in [6.45, 7) is 10.9. The first-order valence-corrected chi connectivity index (χ1v) is 12.7. The maximum Gasteiger partial charge on any atom is 0.244 e. The van der Waals surface area contributed by atoms with Crippen LogP contribution in [0, 0.1) is 6.92 Å². The summed E-state index contributed by atoms with van der Waals surface area (Å²) >= 11 is 1.21. The largest absolute Gasteiger partial charge is 0.335 e. The lowest BCUT2D eigenvalue weighted by atomic mass is 9.87. The molecule has 3 aromatic rings. The van der Waals surface area contributed by atoms with E-state index < -0.39 is 0 Å². The van der Waals surface area contributed by atoms with E-state index in [1.54, 1.807) is 4.90 Å². The minimum absolute atomic E-state index is 0.0116. The van der Waals surface area contributed by atoms with Gasteiger partial charge in [-0.15, -0.1) is 10.2 Å². The van der Waals surface area contributed by atoms with Gasteiger partial charge in [0.15, 0.2) is 5.82 Å². The van der Waals surface area contributed by atoms with Crippen molar-refractivity contribution in [3.63, 3.8) is 0 Å². The highest BCUT2D eigenvalue weighted by Crippen LogP contribution is 2.26. The molecule has 0 fully saturated rings. The third kappa shape index (κ3) is 6.85. The van der Waals surface area contributed by atoms with Crippen LogP contribution in [0.5, 0.6) is 0 Å². The van der Waals surface area contributed by atoms with Crippen LogP contribution in [0.25, 0.3) is 11.4 Å². The molecule has 0 spiro atoms. The normalized spacial score (nSPS) is 11.3. The molecule has 35 heavy (non-hydrogen) atoms. The molecule has 0 radical (unpaired) electrons. The second-order valence-corrected chi connectivity index (χ2v) is 10.4. The summed E-state index contributed by atoms with van der Waals surface area (Å²) in [5, 5.41) is 11.7. The molecule has 2 amide bonds. The van der Waals surface area contributed by atoms with E-state index >= 15 is 0 Å². The van der Waals surface area contributed by atoms with Crippen LogP contribution in [0.3, 0.4) is 0 Å². The highest BCUT2D eigenvalue weighted by molar-refractivity contribution is 7.99. The van der Waals surface area contributed by atoms with Crippen molar-refractivity contribution in [3.05, 3.63) is 59.7 Å². The van der Waals surface area contributed by atoms with Gasteiger partial charge in [-0.1, -0.05) is 81.9 Å². The molecule has 0 aliphatic heterocycles. The number of carbonyl (C=O) groups is 2. The highest BCUT2D eigenvalue weighted by Gasteiger charge is 2.20. The average molecular weight is 495 g/mol. The van der Waals surface area contributed by atoms with E-state index in [-0.39, 0.29) is 29.5 Å². The van der Waals surface area contributed by atoms with Gasteiger partial charge in [0, 0.05) is 17.8 Å². The lowest BCUT2D eigenvalue weighted by Crippen LogP contribution is -2.39. The molecule has 8 nitrogen and oxygen atoms in total. The molecule has 3 rings (SSSR count). The fourth-order valence-corrected chi connectivity index (χ4v) is 4.31. The molecule has 0 saturated heterocycles.